The van der Waals surface area contributed by atoms with Gasteiger partial charge < -0.3 is 9.47 Å². The van der Waals surface area contributed by atoms with Crippen molar-refractivity contribution < 1.29 is 14.3 Å². The largest absolute Gasteiger partial charge is 0.504 e. The summed E-state index contributed by atoms with van der Waals surface area (Å²) in [5, 5.41) is 0. The van der Waals surface area contributed by atoms with Crippen molar-refractivity contribution in [1.29, 1.82) is 0 Å². The summed E-state index contributed by atoms with van der Waals surface area (Å²) < 4.78 is 9.26. The third-order valence-electron chi connectivity index (χ3n) is 1.13. The lowest BCUT2D eigenvalue weighted by Crippen LogP contribution is -1.94. The molecule has 0 N–H and O–H groups in total. The molecular formula is C6H8O3. The fraction of sp³-hybridized carbons (Fsp3) is 0.500. The van der Waals surface area contributed by atoms with Gasteiger partial charge in [-0.05, 0) is 0 Å². The van der Waals surface area contributed by atoms with Crippen LogP contribution in [0.1, 0.15) is 6.42 Å². The molecule has 0 saturated carbocycles. The van der Waals surface area contributed by atoms with Crippen LogP contribution in [-0.4, -0.2) is 19.7 Å². The zero-order chi connectivity index (χ0) is 6.69. The highest BCUT2D eigenvalue weighted by Crippen LogP contribution is 2.11. The van der Waals surface area contributed by atoms with E-state index in [1.54, 1.807) is 0 Å². The maximum atomic E-state index is 10.6. The Hall–Kier alpha value is -0.990. The monoisotopic (exact) mass is 128 g/mol. The van der Waals surface area contributed by atoms with E-state index in [4.69, 9.17) is 0 Å². The fourth-order valence-corrected chi connectivity index (χ4v) is 0.698. The predicted molar refractivity (Wildman–Crippen MR) is 30.7 cm³/mol. The van der Waals surface area contributed by atoms with Gasteiger partial charge in [-0.2, -0.15) is 0 Å². The van der Waals surface area contributed by atoms with Crippen molar-refractivity contribution >= 4 is 5.97 Å². The molecule has 0 bridgehead atoms. The van der Waals surface area contributed by atoms with Crippen LogP contribution in [0.15, 0.2) is 11.8 Å². The molecule has 1 heterocycles. The second kappa shape index (κ2) is 2.53. The first-order valence-corrected chi connectivity index (χ1v) is 2.73. The summed E-state index contributed by atoms with van der Waals surface area (Å²) in [5.41, 5.74) is 0.623. The Morgan fingerprint density at radius 1 is 1.78 bits per heavy atom. The highest BCUT2D eigenvalue weighted by atomic mass is 16.5. The Labute approximate surface area is 53.3 Å². The molecule has 0 aromatic rings. The molecular weight excluding hydrogens is 120 g/mol. The number of hydrogen-bond acceptors (Lipinski definition) is 3. The fourth-order valence-electron chi connectivity index (χ4n) is 0.698. The van der Waals surface area contributed by atoms with Crippen molar-refractivity contribution in [2.24, 2.45) is 0 Å². The molecule has 1 rings (SSSR count). The molecule has 0 spiro atoms. The number of esters is 1. The van der Waals surface area contributed by atoms with Gasteiger partial charge in [0.05, 0.1) is 25.6 Å². The minimum atomic E-state index is -0.253. The molecule has 50 valence electrons. The Bertz CT molecular complexity index is 148. The van der Waals surface area contributed by atoms with Crippen molar-refractivity contribution in [2.75, 3.05) is 13.7 Å². The van der Waals surface area contributed by atoms with Gasteiger partial charge in [0.1, 0.15) is 0 Å². The van der Waals surface area contributed by atoms with Crippen LogP contribution in [0.4, 0.5) is 0 Å². The highest BCUT2D eigenvalue weighted by molar-refractivity contribution is 5.89. The Morgan fingerprint density at radius 3 is 3.00 bits per heavy atom. The average Bonchev–Trinajstić information content (AvgIpc) is 2.18. The van der Waals surface area contributed by atoms with Crippen molar-refractivity contribution in [3.63, 3.8) is 0 Å². The third-order valence-corrected chi connectivity index (χ3v) is 1.13. The minimum absolute atomic E-state index is 0.253. The van der Waals surface area contributed by atoms with E-state index in [0.717, 1.165) is 0 Å². The highest BCUT2D eigenvalue weighted by Gasteiger charge is 2.18. The van der Waals surface area contributed by atoms with Crippen LogP contribution < -0.4 is 0 Å². The van der Waals surface area contributed by atoms with Crippen LogP contribution in [0.25, 0.3) is 0 Å². The quantitative estimate of drug-likeness (QED) is 0.292. The van der Waals surface area contributed by atoms with Gasteiger partial charge in [0.25, 0.3) is 0 Å². The van der Waals surface area contributed by atoms with Gasteiger partial charge in [-0.1, -0.05) is 0 Å². The molecule has 9 heavy (non-hydrogen) atoms. The van der Waals surface area contributed by atoms with E-state index in [0.29, 0.717) is 18.6 Å². The first-order chi connectivity index (χ1) is 4.34. The van der Waals surface area contributed by atoms with Gasteiger partial charge in [0.15, 0.2) is 0 Å². The smallest absolute Gasteiger partial charge is 0.337 e. The second-order valence-corrected chi connectivity index (χ2v) is 1.76. The first kappa shape index (κ1) is 6.13. The lowest BCUT2D eigenvalue weighted by Gasteiger charge is -1.88. The Balaban J connectivity index is 2.59. The van der Waals surface area contributed by atoms with Crippen LogP contribution in [0.3, 0.4) is 0 Å². The SMILES string of the molecule is COC=C1CCOC1=O. The molecule has 0 aromatic carbocycles. The number of hydrogen-bond donors (Lipinski definition) is 0. The molecule has 3 heteroatoms. The summed E-state index contributed by atoms with van der Waals surface area (Å²) in [6, 6.07) is 0. The number of cyclic esters (lactones) is 1. The van der Waals surface area contributed by atoms with E-state index in [1.807, 2.05) is 0 Å². The molecule has 0 unspecified atom stereocenters. The average molecular weight is 128 g/mol. The summed E-state index contributed by atoms with van der Waals surface area (Å²) in [5.74, 6) is -0.253. The molecule has 1 fully saturated rings. The standard InChI is InChI=1S/C6H8O3/c1-8-4-5-2-3-9-6(5)7/h4H,2-3H2,1H3. The predicted octanol–water partition coefficient (Wildman–Crippen LogP) is 0.464. The second-order valence-electron chi connectivity index (χ2n) is 1.76. The molecule has 1 saturated heterocycles. The summed E-state index contributed by atoms with van der Waals surface area (Å²) in [6.07, 6.45) is 2.10. The van der Waals surface area contributed by atoms with E-state index in [-0.39, 0.29) is 5.97 Å². The van der Waals surface area contributed by atoms with Crippen LogP contribution in [0, 0.1) is 0 Å². The molecule has 0 amide bonds. The van der Waals surface area contributed by atoms with Crippen molar-refractivity contribution in [1.82, 2.24) is 0 Å². The van der Waals surface area contributed by atoms with Crippen LogP contribution in [-0.2, 0) is 14.3 Å². The van der Waals surface area contributed by atoms with E-state index in [9.17, 15) is 4.79 Å². The summed E-state index contributed by atoms with van der Waals surface area (Å²) >= 11 is 0. The van der Waals surface area contributed by atoms with Gasteiger partial charge >= 0.3 is 5.97 Å². The number of carbonyl (C=O) groups is 1. The summed E-state index contributed by atoms with van der Waals surface area (Å²) in [7, 11) is 1.51. The topological polar surface area (TPSA) is 35.5 Å². The molecule has 0 aliphatic carbocycles. The number of carbonyl (C=O) groups excluding carboxylic acids is 1. The molecule has 1 aliphatic rings. The molecule has 0 aromatic heterocycles. The lowest BCUT2D eigenvalue weighted by atomic mass is 10.3. The third kappa shape index (κ3) is 1.22. The van der Waals surface area contributed by atoms with E-state index < -0.39 is 0 Å². The maximum Gasteiger partial charge on any atom is 0.337 e. The van der Waals surface area contributed by atoms with Gasteiger partial charge in [0.2, 0.25) is 0 Å². The summed E-state index contributed by atoms with van der Waals surface area (Å²) in [6.45, 7) is 0.494. The molecule has 1 aliphatic heterocycles. The minimum Gasteiger partial charge on any atom is -0.504 e. The Kier molecular flexibility index (Phi) is 1.72. The lowest BCUT2D eigenvalue weighted by molar-refractivity contribution is -0.135. The van der Waals surface area contributed by atoms with Gasteiger partial charge in [-0.25, -0.2) is 4.79 Å². The normalized spacial score (nSPS) is 22.3. The van der Waals surface area contributed by atoms with Gasteiger partial charge in [-0.3, -0.25) is 0 Å². The van der Waals surface area contributed by atoms with Gasteiger partial charge in [-0.15, -0.1) is 0 Å². The molecule has 3 nitrogen and oxygen atoms in total. The van der Waals surface area contributed by atoms with E-state index in [2.05, 4.69) is 9.47 Å². The summed E-state index contributed by atoms with van der Waals surface area (Å²) in [4.78, 5) is 10.6. The van der Waals surface area contributed by atoms with Crippen LogP contribution in [0.5, 0.6) is 0 Å². The molecule has 0 atom stereocenters. The van der Waals surface area contributed by atoms with Crippen LogP contribution in [0.2, 0.25) is 0 Å². The van der Waals surface area contributed by atoms with Crippen molar-refractivity contribution in [3.8, 4) is 0 Å². The van der Waals surface area contributed by atoms with Crippen molar-refractivity contribution in [2.45, 2.75) is 6.42 Å². The first-order valence-electron chi connectivity index (χ1n) is 2.73. The molecule has 0 radical (unpaired) electrons. The zero-order valence-electron chi connectivity index (χ0n) is 5.22. The van der Waals surface area contributed by atoms with E-state index in [1.165, 1.54) is 13.4 Å². The van der Waals surface area contributed by atoms with Crippen molar-refractivity contribution in [3.05, 3.63) is 11.8 Å². The number of rotatable bonds is 1. The zero-order valence-corrected chi connectivity index (χ0v) is 5.22. The Morgan fingerprint density at radius 2 is 2.56 bits per heavy atom. The van der Waals surface area contributed by atoms with Crippen LogP contribution >= 0.6 is 0 Å². The number of methoxy groups -OCH3 is 1. The van der Waals surface area contributed by atoms with E-state index >= 15 is 0 Å². The maximum absolute atomic E-state index is 10.6. The number of ether oxygens (including phenoxy) is 2. The van der Waals surface area contributed by atoms with Gasteiger partial charge in [0, 0.05) is 6.42 Å².